The van der Waals surface area contributed by atoms with Gasteiger partial charge in [-0.1, -0.05) is 30.3 Å². The fourth-order valence-electron chi connectivity index (χ4n) is 4.15. The molecule has 0 saturated carbocycles. The minimum absolute atomic E-state index is 0.0272. The van der Waals surface area contributed by atoms with Crippen LogP contribution < -0.4 is 19.9 Å². The van der Waals surface area contributed by atoms with Gasteiger partial charge in [0.2, 0.25) is 5.88 Å². The lowest BCUT2D eigenvalue weighted by molar-refractivity contribution is -0.0683. The Labute approximate surface area is 242 Å². The summed E-state index contributed by atoms with van der Waals surface area (Å²) in [6.07, 6.45) is -6.77. The monoisotopic (exact) mass is 648 g/mol. The molecule has 0 aliphatic rings. The smallest absolute Gasteiger partial charge is 0.409 e. The van der Waals surface area contributed by atoms with Gasteiger partial charge in [-0.25, -0.2) is 27.3 Å². The number of benzene rings is 3. The first-order chi connectivity index (χ1) is 20.1. The van der Waals surface area contributed by atoms with Crippen LogP contribution in [0.5, 0.6) is 17.4 Å². The van der Waals surface area contributed by atoms with Crippen LogP contribution >= 0.6 is 15.9 Å². The number of rotatable bonds is 9. The zero-order valence-corrected chi connectivity index (χ0v) is 22.7. The quantitative estimate of drug-likeness (QED) is 0.171. The molecule has 2 aromatic heterocycles. The van der Waals surface area contributed by atoms with Crippen molar-refractivity contribution in [2.45, 2.75) is 19.4 Å². The Bertz CT molecular complexity index is 1730. The second kappa shape index (κ2) is 12.0. The number of aromatic nitrogens is 3. The summed E-state index contributed by atoms with van der Waals surface area (Å²) >= 11 is 3.36. The summed E-state index contributed by atoms with van der Waals surface area (Å²) in [5.74, 6) is -2.98. The van der Waals surface area contributed by atoms with E-state index in [1.165, 1.54) is 24.3 Å². The SMILES string of the molecule is NC(=O)Oc1ccc(-c2c(Br)c3ncnc(OC(F)C(F)F)c3n2-c2c(F)cc(OCc3ccccc3)cc2F)cc1. The topological polar surface area (TPSA) is 101 Å². The maximum Gasteiger partial charge on any atom is 0.409 e. The van der Waals surface area contributed by atoms with Crippen LogP contribution in [-0.4, -0.2) is 33.4 Å². The molecule has 1 amide bonds. The van der Waals surface area contributed by atoms with E-state index in [9.17, 15) is 18.0 Å². The van der Waals surface area contributed by atoms with Crippen molar-refractivity contribution in [3.63, 3.8) is 0 Å². The molecule has 0 fully saturated rings. The molecule has 0 aliphatic heterocycles. The van der Waals surface area contributed by atoms with E-state index in [-0.39, 0.29) is 44.9 Å². The third kappa shape index (κ3) is 5.84. The standard InChI is InChI=1S/C28H18BrF5N4O4/c29-20-21-24(27(37-13-36-21)42-26(34)25(32)33)38(22(20)15-6-8-16(9-7-15)41-28(35)39)23-18(30)10-17(11-19(23)31)40-12-14-4-2-1-3-5-14/h1-11,13,25-26H,12H2,(H2,35,39). The van der Waals surface area contributed by atoms with Gasteiger partial charge in [-0.3, -0.25) is 4.57 Å². The summed E-state index contributed by atoms with van der Waals surface area (Å²) in [7, 11) is 0. The summed E-state index contributed by atoms with van der Waals surface area (Å²) in [5.41, 5.74) is 5.13. The first-order valence-electron chi connectivity index (χ1n) is 12.0. The van der Waals surface area contributed by atoms with Crippen LogP contribution in [0.1, 0.15) is 5.56 Å². The Morgan fingerprint density at radius 1 is 0.952 bits per heavy atom. The molecule has 216 valence electrons. The van der Waals surface area contributed by atoms with Gasteiger partial charge < -0.3 is 19.9 Å². The van der Waals surface area contributed by atoms with Gasteiger partial charge in [0, 0.05) is 17.7 Å². The Hall–Kier alpha value is -4.72. The second-order valence-corrected chi connectivity index (χ2v) is 9.43. The molecule has 5 aromatic rings. The van der Waals surface area contributed by atoms with Gasteiger partial charge in [0.1, 0.15) is 41.2 Å². The van der Waals surface area contributed by atoms with Crippen LogP contribution in [0.3, 0.4) is 0 Å². The third-order valence-electron chi connectivity index (χ3n) is 5.88. The molecule has 2 heterocycles. The van der Waals surface area contributed by atoms with E-state index in [1.807, 2.05) is 0 Å². The number of primary amides is 1. The zero-order valence-electron chi connectivity index (χ0n) is 21.1. The molecule has 0 radical (unpaired) electrons. The second-order valence-electron chi connectivity index (χ2n) is 8.63. The van der Waals surface area contributed by atoms with Crippen LogP contribution in [0.4, 0.5) is 26.7 Å². The lowest BCUT2D eigenvalue weighted by atomic mass is 10.1. The third-order valence-corrected chi connectivity index (χ3v) is 6.63. The average Bonchev–Trinajstić information content (AvgIpc) is 3.25. The minimum Gasteiger partial charge on any atom is -0.489 e. The van der Waals surface area contributed by atoms with Crippen molar-refractivity contribution in [3.05, 3.63) is 94.7 Å². The summed E-state index contributed by atoms with van der Waals surface area (Å²) in [6.45, 7) is 0.0272. The largest absolute Gasteiger partial charge is 0.489 e. The number of hydrogen-bond donors (Lipinski definition) is 1. The van der Waals surface area contributed by atoms with E-state index in [4.69, 9.17) is 19.9 Å². The number of nitrogens with two attached hydrogens (primary N) is 1. The molecule has 2 N–H and O–H groups in total. The van der Waals surface area contributed by atoms with E-state index in [0.717, 1.165) is 28.6 Å². The molecule has 42 heavy (non-hydrogen) atoms. The van der Waals surface area contributed by atoms with Gasteiger partial charge in [-0.15, -0.1) is 0 Å². The molecule has 5 rings (SSSR count). The normalized spacial score (nSPS) is 12.0. The van der Waals surface area contributed by atoms with Crippen LogP contribution in [0.25, 0.3) is 28.0 Å². The van der Waals surface area contributed by atoms with E-state index in [1.54, 1.807) is 30.3 Å². The fourth-order valence-corrected chi connectivity index (χ4v) is 4.84. The lowest BCUT2D eigenvalue weighted by Gasteiger charge is -2.17. The Morgan fingerprint density at radius 2 is 1.62 bits per heavy atom. The number of alkyl halides is 3. The Balaban J connectivity index is 1.69. The van der Waals surface area contributed by atoms with Crippen molar-refractivity contribution < 1.29 is 41.0 Å². The first kappa shape index (κ1) is 28.8. The Morgan fingerprint density at radius 3 is 2.24 bits per heavy atom. The summed E-state index contributed by atoms with van der Waals surface area (Å²) in [6, 6.07) is 16.4. The van der Waals surface area contributed by atoms with Gasteiger partial charge in [0.15, 0.2) is 11.6 Å². The molecule has 0 aliphatic carbocycles. The highest BCUT2D eigenvalue weighted by molar-refractivity contribution is 9.10. The fraction of sp³-hybridized carbons (Fsp3) is 0.107. The van der Waals surface area contributed by atoms with Gasteiger partial charge in [-0.05, 0) is 45.8 Å². The van der Waals surface area contributed by atoms with Gasteiger partial charge in [-0.2, -0.15) is 9.37 Å². The molecule has 14 heteroatoms. The number of fused-ring (bicyclic) bond motifs is 1. The molecule has 1 unspecified atom stereocenters. The number of carbonyl (C=O) groups is 1. The maximum absolute atomic E-state index is 15.8. The average molecular weight is 649 g/mol. The molecule has 3 aromatic carbocycles. The molecule has 0 saturated heterocycles. The van der Waals surface area contributed by atoms with E-state index >= 15 is 8.78 Å². The summed E-state index contributed by atoms with van der Waals surface area (Å²) < 4.78 is 87.9. The Kier molecular flexibility index (Phi) is 8.24. The van der Waals surface area contributed by atoms with Crippen LogP contribution in [-0.2, 0) is 6.61 Å². The lowest BCUT2D eigenvalue weighted by Crippen LogP contribution is -2.20. The highest BCUT2D eigenvalue weighted by Gasteiger charge is 2.30. The maximum atomic E-state index is 15.8. The summed E-state index contributed by atoms with van der Waals surface area (Å²) in [5, 5.41) is 0. The number of hydrogen-bond acceptors (Lipinski definition) is 6. The molecule has 0 spiro atoms. The number of ether oxygens (including phenoxy) is 3. The first-order valence-corrected chi connectivity index (χ1v) is 12.8. The number of nitrogens with zero attached hydrogens (tertiary/aromatic N) is 3. The highest BCUT2D eigenvalue weighted by atomic mass is 79.9. The van der Waals surface area contributed by atoms with Crippen molar-refractivity contribution in [1.29, 1.82) is 0 Å². The number of amides is 1. The van der Waals surface area contributed by atoms with Crippen LogP contribution in [0.2, 0.25) is 0 Å². The predicted molar refractivity (Wildman–Crippen MR) is 144 cm³/mol. The zero-order chi connectivity index (χ0) is 30.0. The number of halogens is 6. The van der Waals surface area contributed by atoms with Crippen molar-refractivity contribution in [1.82, 2.24) is 14.5 Å². The van der Waals surface area contributed by atoms with E-state index in [2.05, 4.69) is 25.9 Å². The van der Waals surface area contributed by atoms with Crippen LogP contribution in [0.15, 0.2) is 77.5 Å². The molecule has 8 nitrogen and oxygen atoms in total. The molecule has 0 bridgehead atoms. The number of carbonyl (C=O) groups excluding carboxylic acids is 1. The van der Waals surface area contributed by atoms with Gasteiger partial charge in [0.05, 0.1) is 10.2 Å². The van der Waals surface area contributed by atoms with Crippen molar-refractivity contribution in [2.24, 2.45) is 5.73 Å². The van der Waals surface area contributed by atoms with Gasteiger partial charge in [0.25, 0.3) is 6.36 Å². The summed E-state index contributed by atoms with van der Waals surface area (Å²) in [4.78, 5) is 19.0. The van der Waals surface area contributed by atoms with Crippen molar-refractivity contribution in [3.8, 4) is 34.3 Å². The minimum atomic E-state index is -3.53. The molecular formula is C28H18BrF5N4O4. The van der Waals surface area contributed by atoms with E-state index < -0.39 is 42.1 Å². The van der Waals surface area contributed by atoms with Gasteiger partial charge >= 0.3 is 12.5 Å². The van der Waals surface area contributed by atoms with Crippen LogP contribution in [0, 0.1) is 11.6 Å². The van der Waals surface area contributed by atoms with Crippen molar-refractivity contribution in [2.75, 3.05) is 0 Å². The predicted octanol–water partition coefficient (Wildman–Crippen LogP) is 7.10. The molecular weight excluding hydrogens is 631 g/mol. The molecule has 1 atom stereocenters. The van der Waals surface area contributed by atoms with E-state index in [0.29, 0.717) is 0 Å². The highest BCUT2D eigenvalue weighted by Crippen LogP contribution is 2.43. The van der Waals surface area contributed by atoms with Crippen molar-refractivity contribution >= 4 is 33.1 Å².